The van der Waals surface area contributed by atoms with Crippen LogP contribution >= 0.6 is 0 Å². The number of carbonyl (C=O) groups is 1. The number of fused-ring (bicyclic) bond motifs is 1. The topological polar surface area (TPSA) is 98.0 Å². The van der Waals surface area contributed by atoms with E-state index in [1.54, 1.807) is 4.90 Å². The molecule has 1 aliphatic carbocycles. The average Bonchev–Trinajstić information content (AvgIpc) is 3.59. The average molecular weight is 460 g/mol. The molecule has 0 unspecified atom stereocenters. The number of aromatic amines is 1. The molecule has 1 aromatic heterocycles. The maximum atomic E-state index is 13.7. The normalized spacial score (nSPS) is 19.5. The summed E-state index contributed by atoms with van der Waals surface area (Å²) in [6.07, 6.45) is 5.81. The maximum Gasteiger partial charge on any atom is 0.259 e. The lowest BCUT2D eigenvalue weighted by molar-refractivity contribution is -0.160. The van der Waals surface area contributed by atoms with Crippen LogP contribution in [0.25, 0.3) is 10.9 Å². The predicted octanol–water partition coefficient (Wildman–Crippen LogP) is 3.20. The SMILES string of the molecule is NC(=NCc1ccc2[nH]ccc2c1)N1CCN(C(=O)[C@](O)(c2ccccc2)C2CCCC2)CC1. The van der Waals surface area contributed by atoms with Crippen LogP contribution in [0.4, 0.5) is 0 Å². The molecule has 1 saturated heterocycles. The molecule has 5 rings (SSSR count). The smallest absolute Gasteiger partial charge is 0.259 e. The number of nitrogens with one attached hydrogen (secondary N) is 1. The zero-order valence-electron chi connectivity index (χ0n) is 19.5. The zero-order valence-corrected chi connectivity index (χ0v) is 19.5. The highest BCUT2D eigenvalue weighted by molar-refractivity contribution is 5.87. The van der Waals surface area contributed by atoms with Crippen molar-refractivity contribution in [3.63, 3.8) is 0 Å². The molecule has 3 aromatic rings. The van der Waals surface area contributed by atoms with Gasteiger partial charge in [-0.15, -0.1) is 0 Å². The minimum Gasteiger partial charge on any atom is -0.375 e. The van der Waals surface area contributed by atoms with Crippen LogP contribution < -0.4 is 5.73 Å². The largest absolute Gasteiger partial charge is 0.375 e. The summed E-state index contributed by atoms with van der Waals surface area (Å²) >= 11 is 0. The Balaban J connectivity index is 1.24. The number of amides is 1. The predicted molar refractivity (Wildman–Crippen MR) is 134 cm³/mol. The number of benzene rings is 2. The Morgan fingerprint density at radius 1 is 1.03 bits per heavy atom. The van der Waals surface area contributed by atoms with E-state index in [2.05, 4.69) is 28.2 Å². The van der Waals surface area contributed by atoms with Crippen molar-refractivity contribution in [3.05, 3.63) is 71.9 Å². The van der Waals surface area contributed by atoms with Crippen LogP contribution in [0.2, 0.25) is 0 Å². The molecular weight excluding hydrogens is 426 g/mol. The van der Waals surface area contributed by atoms with E-state index < -0.39 is 5.60 Å². The van der Waals surface area contributed by atoms with Gasteiger partial charge in [-0.25, -0.2) is 4.99 Å². The van der Waals surface area contributed by atoms with Crippen LogP contribution in [0.1, 0.15) is 36.8 Å². The van der Waals surface area contributed by atoms with Crippen LogP contribution in [-0.2, 0) is 16.9 Å². The third-order valence-corrected chi connectivity index (χ3v) is 7.42. The molecule has 7 nitrogen and oxygen atoms in total. The van der Waals surface area contributed by atoms with Gasteiger partial charge in [0.15, 0.2) is 11.6 Å². The van der Waals surface area contributed by atoms with Gasteiger partial charge in [0.05, 0.1) is 6.54 Å². The van der Waals surface area contributed by atoms with Gasteiger partial charge >= 0.3 is 0 Å². The quantitative estimate of drug-likeness (QED) is 0.403. The molecular formula is C27H33N5O2. The second-order valence-electron chi connectivity index (χ2n) is 9.47. The number of hydrogen-bond acceptors (Lipinski definition) is 3. The minimum atomic E-state index is -1.46. The number of hydrogen-bond donors (Lipinski definition) is 3. The summed E-state index contributed by atoms with van der Waals surface area (Å²) in [5.41, 5.74) is 7.76. The first kappa shape index (κ1) is 22.5. The van der Waals surface area contributed by atoms with E-state index in [1.165, 1.54) is 0 Å². The van der Waals surface area contributed by atoms with Crippen molar-refractivity contribution in [3.8, 4) is 0 Å². The Labute approximate surface area is 200 Å². The molecule has 178 valence electrons. The summed E-state index contributed by atoms with van der Waals surface area (Å²) in [4.78, 5) is 25.3. The summed E-state index contributed by atoms with van der Waals surface area (Å²) in [5.74, 6) is 0.278. The summed E-state index contributed by atoms with van der Waals surface area (Å²) in [7, 11) is 0. The number of piperazine rings is 1. The van der Waals surface area contributed by atoms with Crippen molar-refractivity contribution in [1.82, 2.24) is 14.8 Å². The Hall–Kier alpha value is -3.32. The number of aromatic nitrogens is 1. The fraction of sp³-hybridized carbons (Fsp3) is 0.407. The zero-order chi connectivity index (χ0) is 23.5. The van der Waals surface area contributed by atoms with Gasteiger partial charge in [-0.2, -0.15) is 0 Å². The van der Waals surface area contributed by atoms with Crippen LogP contribution in [0.15, 0.2) is 65.8 Å². The highest BCUT2D eigenvalue weighted by atomic mass is 16.3. The first-order valence-corrected chi connectivity index (χ1v) is 12.2. The molecule has 1 amide bonds. The highest BCUT2D eigenvalue weighted by Gasteiger charge is 2.48. The van der Waals surface area contributed by atoms with E-state index in [-0.39, 0.29) is 11.8 Å². The van der Waals surface area contributed by atoms with Gasteiger partial charge < -0.3 is 25.6 Å². The molecule has 1 aliphatic heterocycles. The lowest BCUT2D eigenvalue weighted by atomic mass is 9.79. The molecule has 7 heteroatoms. The highest BCUT2D eigenvalue weighted by Crippen LogP contribution is 2.42. The van der Waals surface area contributed by atoms with Crippen molar-refractivity contribution in [2.45, 2.75) is 37.8 Å². The molecule has 0 spiro atoms. The van der Waals surface area contributed by atoms with Gasteiger partial charge in [-0.3, -0.25) is 4.79 Å². The van der Waals surface area contributed by atoms with Gasteiger partial charge in [-0.05, 0) is 47.6 Å². The standard InChI is InChI=1S/C27H33N5O2/c28-26(30-19-20-10-11-24-21(18-20)12-13-29-24)32-16-14-31(15-17-32)25(33)27(34,23-8-4-5-9-23)22-6-2-1-3-7-22/h1-3,6-7,10-13,18,23,29,34H,4-5,8-9,14-17,19H2,(H2,28,30)/t27-/m0/s1. The molecule has 1 atom stereocenters. The number of carbonyl (C=O) groups excluding carboxylic acids is 1. The molecule has 1 saturated carbocycles. The first-order chi connectivity index (χ1) is 16.6. The van der Waals surface area contributed by atoms with Crippen LogP contribution in [0, 0.1) is 5.92 Å². The van der Waals surface area contributed by atoms with Gasteiger partial charge in [0.25, 0.3) is 5.91 Å². The summed E-state index contributed by atoms with van der Waals surface area (Å²) in [5, 5.41) is 13.0. The van der Waals surface area contributed by atoms with E-state index in [4.69, 9.17) is 5.73 Å². The molecule has 34 heavy (non-hydrogen) atoms. The van der Waals surface area contributed by atoms with Crippen LogP contribution in [-0.4, -0.2) is 57.9 Å². The van der Waals surface area contributed by atoms with E-state index in [0.717, 1.165) is 42.1 Å². The van der Waals surface area contributed by atoms with Crippen LogP contribution in [0.5, 0.6) is 0 Å². The summed E-state index contributed by atoms with van der Waals surface area (Å²) < 4.78 is 0. The summed E-state index contributed by atoms with van der Waals surface area (Å²) in [6.45, 7) is 2.76. The lowest BCUT2D eigenvalue weighted by Crippen LogP contribution is -2.58. The second kappa shape index (κ2) is 9.50. The number of guanidine groups is 1. The second-order valence-corrected chi connectivity index (χ2v) is 9.47. The van der Waals surface area contributed by atoms with E-state index in [1.807, 2.05) is 47.5 Å². The monoisotopic (exact) mass is 459 g/mol. The Kier molecular flexibility index (Phi) is 6.28. The number of H-pyrrole nitrogens is 1. The Morgan fingerprint density at radius 2 is 1.74 bits per heavy atom. The maximum absolute atomic E-state index is 13.7. The van der Waals surface area contributed by atoms with Crippen molar-refractivity contribution in [2.75, 3.05) is 26.2 Å². The Bertz CT molecular complexity index is 1160. The third-order valence-electron chi connectivity index (χ3n) is 7.42. The van der Waals surface area contributed by atoms with Crippen molar-refractivity contribution in [2.24, 2.45) is 16.6 Å². The summed E-state index contributed by atoms with van der Waals surface area (Å²) in [6, 6.07) is 17.7. The fourth-order valence-corrected chi connectivity index (χ4v) is 5.42. The third kappa shape index (κ3) is 4.28. The van der Waals surface area contributed by atoms with Gasteiger partial charge in [0.1, 0.15) is 0 Å². The molecule has 2 heterocycles. The fourth-order valence-electron chi connectivity index (χ4n) is 5.42. The van der Waals surface area contributed by atoms with E-state index in [0.29, 0.717) is 44.2 Å². The Morgan fingerprint density at radius 3 is 2.47 bits per heavy atom. The van der Waals surface area contributed by atoms with Crippen LogP contribution in [0.3, 0.4) is 0 Å². The molecule has 2 aromatic carbocycles. The molecule has 0 radical (unpaired) electrons. The van der Waals surface area contributed by atoms with Crippen molar-refractivity contribution >= 4 is 22.8 Å². The first-order valence-electron chi connectivity index (χ1n) is 12.2. The number of nitrogens with zero attached hydrogens (tertiary/aromatic N) is 3. The number of rotatable bonds is 5. The molecule has 2 fully saturated rings. The number of nitrogens with two attached hydrogens (primary N) is 1. The van der Waals surface area contributed by atoms with Crippen molar-refractivity contribution in [1.29, 1.82) is 0 Å². The molecule has 0 bridgehead atoms. The minimum absolute atomic E-state index is 0.0376. The van der Waals surface area contributed by atoms with Gasteiger partial charge in [-0.1, -0.05) is 49.2 Å². The van der Waals surface area contributed by atoms with E-state index in [9.17, 15) is 9.90 Å². The van der Waals surface area contributed by atoms with Gasteiger partial charge in [0, 0.05) is 43.8 Å². The molecule has 4 N–H and O–H groups in total. The number of aliphatic imine (C=N–C) groups is 1. The van der Waals surface area contributed by atoms with Crippen molar-refractivity contribution < 1.29 is 9.90 Å². The number of aliphatic hydroxyl groups is 1. The molecule has 2 aliphatic rings. The lowest BCUT2D eigenvalue weighted by Gasteiger charge is -2.41. The van der Waals surface area contributed by atoms with E-state index >= 15 is 0 Å². The van der Waals surface area contributed by atoms with Gasteiger partial charge in [0.2, 0.25) is 0 Å².